The number of anilines is 1. The number of hydrogen-bond acceptors (Lipinski definition) is 2. The van der Waals surface area contributed by atoms with Crippen LogP contribution in [0.5, 0.6) is 0 Å². The van der Waals surface area contributed by atoms with Gasteiger partial charge in [0.25, 0.3) is 0 Å². The Morgan fingerprint density at radius 1 is 1.08 bits per heavy atom. The van der Waals surface area contributed by atoms with Crippen LogP contribution in [0.3, 0.4) is 0 Å². The number of carbonyl (C=O) groups is 1. The largest absolute Gasteiger partial charge is 0.416 e. The first-order chi connectivity index (χ1) is 12.4. The molecule has 7 heteroatoms. The van der Waals surface area contributed by atoms with Crippen LogP contribution in [0, 0.1) is 0 Å². The van der Waals surface area contributed by atoms with Gasteiger partial charge in [-0.3, -0.25) is 4.90 Å². The van der Waals surface area contributed by atoms with Crippen LogP contribution in [-0.4, -0.2) is 30.1 Å². The van der Waals surface area contributed by atoms with E-state index in [2.05, 4.69) is 10.6 Å². The van der Waals surface area contributed by atoms with Crippen LogP contribution < -0.4 is 10.6 Å². The predicted molar refractivity (Wildman–Crippen MR) is 93.7 cm³/mol. The summed E-state index contributed by atoms with van der Waals surface area (Å²) in [7, 11) is 0. The second kappa shape index (κ2) is 7.78. The van der Waals surface area contributed by atoms with Crippen molar-refractivity contribution in [1.82, 2.24) is 10.2 Å². The van der Waals surface area contributed by atoms with Crippen LogP contribution in [0.25, 0.3) is 0 Å². The van der Waals surface area contributed by atoms with Crippen molar-refractivity contribution in [1.29, 1.82) is 0 Å². The molecule has 2 aromatic rings. The summed E-state index contributed by atoms with van der Waals surface area (Å²) in [5.41, 5.74) is 0.353. The van der Waals surface area contributed by atoms with Crippen LogP contribution in [0.2, 0.25) is 0 Å². The van der Waals surface area contributed by atoms with Gasteiger partial charge in [0.2, 0.25) is 0 Å². The Bertz CT molecular complexity index is 749. The highest BCUT2D eigenvalue weighted by Crippen LogP contribution is 2.32. The van der Waals surface area contributed by atoms with Crippen molar-refractivity contribution >= 4 is 11.7 Å². The van der Waals surface area contributed by atoms with Crippen molar-refractivity contribution in [2.45, 2.75) is 25.2 Å². The number of hydrogen-bond donors (Lipinski definition) is 2. The SMILES string of the molecule is O=C(Nc1ccccc1)NC1CCN(Cc2ccccc2C(F)(F)F)C1. The molecule has 1 fully saturated rings. The van der Waals surface area contributed by atoms with Gasteiger partial charge < -0.3 is 10.6 Å². The number of alkyl halides is 3. The fourth-order valence-corrected chi connectivity index (χ4v) is 3.14. The molecule has 1 atom stereocenters. The fraction of sp³-hybridized carbons (Fsp3) is 0.316. The highest BCUT2D eigenvalue weighted by Gasteiger charge is 2.34. The molecule has 26 heavy (non-hydrogen) atoms. The molecule has 138 valence electrons. The Balaban J connectivity index is 1.54. The lowest BCUT2D eigenvalue weighted by Crippen LogP contribution is -2.39. The van der Waals surface area contributed by atoms with Gasteiger partial charge in [0.05, 0.1) is 5.56 Å². The smallest absolute Gasteiger partial charge is 0.334 e. The minimum Gasteiger partial charge on any atom is -0.334 e. The Labute approximate surface area is 150 Å². The fourth-order valence-electron chi connectivity index (χ4n) is 3.14. The highest BCUT2D eigenvalue weighted by molar-refractivity contribution is 5.89. The third-order valence-corrected chi connectivity index (χ3v) is 4.36. The van der Waals surface area contributed by atoms with Gasteiger partial charge in [-0.15, -0.1) is 0 Å². The zero-order valence-corrected chi connectivity index (χ0v) is 14.1. The lowest BCUT2D eigenvalue weighted by Gasteiger charge is -2.20. The summed E-state index contributed by atoms with van der Waals surface area (Å²) in [6, 6.07) is 14.3. The van der Waals surface area contributed by atoms with Crippen molar-refractivity contribution in [2.75, 3.05) is 18.4 Å². The van der Waals surface area contributed by atoms with Gasteiger partial charge in [-0.2, -0.15) is 13.2 Å². The minimum atomic E-state index is -4.36. The molecule has 2 amide bonds. The van der Waals surface area contributed by atoms with Crippen LogP contribution in [0.4, 0.5) is 23.7 Å². The van der Waals surface area contributed by atoms with Gasteiger partial charge >= 0.3 is 12.2 Å². The van der Waals surface area contributed by atoms with Gasteiger partial charge in [0, 0.05) is 31.4 Å². The molecule has 1 aliphatic rings. The molecule has 1 aliphatic heterocycles. The van der Waals surface area contributed by atoms with Crippen molar-refractivity contribution in [2.24, 2.45) is 0 Å². The second-order valence-corrected chi connectivity index (χ2v) is 6.34. The summed E-state index contributed by atoms with van der Waals surface area (Å²) < 4.78 is 39.3. The number of urea groups is 1. The van der Waals surface area contributed by atoms with Gasteiger partial charge in [-0.05, 0) is 30.2 Å². The van der Waals surface area contributed by atoms with Crippen LogP contribution >= 0.6 is 0 Å². The van der Waals surface area contributed by atoms with Crippen molar-refractivity contribution in [3.05, 3.63) is 65.7 Å². The van der Waals surface area contributed by atoms with Gasteiger partial charge in [0.1, 0.15) is 0 Å². The van der Waals surface area contributed by atoms with E-state index in [1.165, 1.54) is 12.1 Å². The summed E-state index contributed by atoms with van der Waals surface area (Å²) in [5, 5.41) is 5.62. The van der Waals surface area contributed by atoms with Crippen molar-refractivity contribution < 1.29 is 18.0 Å². The van der Waals surface area contributed by atoms with Crippen LogP contribution in [0.15, 0.2) is 54.6 Å². The number of rotatable bonds is 4. The molecule has 0 aliphatic carbocycles. The summed E-state index contributed by atoms with van der Waals surface area (Å²) in [6.07, 6.45) is -3.65. The maximum atomic E-state index is 13.1. The molecule has 1 unspecified atom stereocenters. The highest BCUT2D eigenvalue weighted by atomic mass is 19.4. The number of amides is 2. The summed E-state index contributed by atoms with van der Waals surface area (Å²) >= 11 is 0. The van der Waals surface area contributed by atoms with Crippen molar-refractivity contribution in [3.8, 4) is 0 Å². The molecule has 4 nitrogen and oxygen atoms in total. The Kier molecular flexibility index (Phi) is 5.46. The zero-order valence-electron chi connectivity index (χ0n) is 14.1. The average molecular weight is 363 g/mol. The Hall–Kier alpha value is -2.54. The van der Waals surface area contributed by atoms with Crippen LogP contribution in [-0.2, 0) is 12.7 Å². The van der Waals surface area contributed by atoms with E-state index in [4.69, 9.17) is 0 Å². The first-order valence-corrected chi connectivity index (χ1v) is 8.42. The quantitative estimate of drug-likeness (QED) is 0.859. The van der Waals surface area contributed by atoms with E-state index in [9.17, 15) is 18.0 Å². The maximum absolute atomic E-state index is 13.1. The number of benzene rings is 2. The zero-order chi connectivity index (χ0) is 18.6. The minimum absolute atomic E-state index is 0.0863. The summed E-state index contributed by atoms with van der Waals surface area (Å²) in [5.74, 6) is 0. The Morgan fingerprint density at radius 3 is 2.50 bits per heavy atom. The second-order valence-electron chi connectivity index (χ2n) is 6.34. The predicted octanol–water partition coefficient (Wildman–Crippen LogP) is 4.10. The molecule has 0 radical (unpaired) electrons. The molecule has 0 spiro atoms. The third kappa shape index (κ3) is 4.76. The number of halogens is 3. The standard InChI is InChI=1S/C19H20F3N3O/c20-19(21,22)17-9-5-4-6-14(17)12-25-11-10-16(13-25)24-18(26)23-15-7-2-1-3-8-15/h1-9,16H,10-13H2,(H2,23,24,26). The molecular weight excluding hydrogens is 343 g/mol. The maximum Gasteiger partial charge on any atom is 0.416 e. The molecule has 1 saturated heterocycles. The van der Waals surface area contributed by atoms with Gasteiger partial charge in [0.15, 0.2) is 0 Å². The molecule has 0 aromatic heterocycles. The van der Waals surface area contributed by atoms with E-state index in [0.717, 1.165) is 6.07 Å². The van der Waals surface area contributed by atoms with E-state index in [-0.39, 0.29) is 24.2 Å². The van der Waals surface area contributed by atoms with E-state index >= 15 is 0 Å². The monoisotopic (exact) mass is 363 g/mol. The molecule has 1 heterocycles. The molecular formula is C19H20F3N3O. The lowest BCUT2D eigenvalue weighted by molar-refractivity contribution is -0.138. The number of likely N-dealkylation sites (tertiary alicyclic amines) is 1. The van der Waals surface area contributed by atoms with E-state index in [0.29, 0.717) is 25.2 Å². The number of nitrogens with zero attached hydrogens (tertiary/aromatic N) is 1. The average Bonchev–Trinajstić information content (AvgIpc) is 3.02. The summed E-state index contributed by atoms with van der Waals surface area (Å²) in [6.45, 7) is 1.38. The topological polar surface area (TPSA) is 44.4 Å². The Morgan fingerprint density at radius 2 is 1.77 bits per heavy atom. The van der Waals surface area contributed by atoms with Crippen LogP contribution in [0.1, 0.15) is 17.5 Å². The molecule has 2 aromatic carbocycles. The van der Waals surface area contributed by atoms with E-state index < -0.39 is 11.7 Å². The molecule has 0 bridgehead atoms. The first-order valence-electron chi connectivity index (χ1n) is 8.42. The van der Waals surface area contributed by atoms with E-state index in [1.54, 1.807) is 18.2 Å². The first kappa shape index (κ1) is 18.3. The number of carbonyl (C=O) groups excluding carboxylic acids is 1. The normalized spacial score (nSPS) is 17.9. The summed E-state index contributed by atoms with van der Waals surface area (Å²) in [4.78, 5) is 14.0. The van der Waals surface area contributed by atoms with Gasteiger partial charge in [-0.1, -0.05) is 36.4 Å². The third-order valence-electron chi connectivity index (χ3n) is 4.36. The molecule has 0 saturated carbocycles. The van der Waals surface area contributed by atoms with Gasteiger partial charge in [-0.25, -0.2) is 4.79 Å². The number of para-hydroxylation sites is 1. The lowest BCUT2D eigenvalue weighted by atomic mass is 10.1. The van der Waals surface area contributed by atoms with E-state index in [1.807, 2.05) is 23.1 Å². The van der Waals surface area contributed by atoms with Crippen molar-refractivity contribution in [3.63, 3.8) is 0 Å². The number of nitrogens with one attached hydrogen (secondary N) is 2. The molecule has 2 N–H and O–H groups in total. The molecule has 3 rings (SSSR count).